The summed E-state index contributed by atoms with van der Waals surface area (Å²) in [6.45, 7) is 7.28. The van der Waals surface area contributed by atoms with Crippen molar-refractivity contribution in [3.8, 4) is 0 Å². The van der Waals surface area contributed by atoms with Crippen LogP contribution in [0.3, 0.4) is 0 Å². The number of rotatable bonds is 5. The second-order valence-electron chi connectivity index (χ2n) is 6.03. The molecule has 0 saturated carbocycles. The van der Waals surface area contributed by atoms with E-state index in [1.54, 1.807) is 15.3 Å². The predicted octanol–water partition coefficient (Wildman–Crippen LogP) is 3.37. The predicted molar refractivity (Wildman–Crippen MR) is 83.1 cm³/mol. The summed E-state index contributed by atoms with van der Waals surface area (Å²) >= 11 is 2.05. The van der Waals surface area contributed by atoms with Crippen LogP contribution in [0.15, 0.2) is 6.07 Å². The molecular weight excluding hydrogens is 252 g/mol. The van der Waals surface area contributed by atoms with Crippen molar-refractivity contribution in [2.45, 2.75) is 51.5 Å². The summed E-state index contributed by atoms with van der Waals surface area (Å²) in [7, 11) is 0. The summed E-state index contributed by atoms with van der Waals surface area (Å²) in [4.78, 5) is 5.79. The van der Waals surface area contributed by atoms with Crippen LogP contribution >= 0.6 is 11.3 Å². The molecular formula is C16H26N2S. The standard InChI is InChI=1S/C16H26N2S/c1-13(17-8-11-18-9-4-5-10-18)16-12-14-6-2-3-7-15(14)19-16/h12-13,17H,2-11H2,1H3. The van der Waals surface area contributed by atoms with Gasteiger partial charge in [-0.05, 0) is 70.2 Å². The molecule has 2 nitrogen and oxygen atoms in total. The van der Waals surface area contributed by atoms with Crippen molar-refractivity contribution < 1.29 is 0 Å². The number of thiophene rings is 1. The van der Waals surface area contributed by atoms with Gasteiger partial charge in [-0.3, -0.25) is 0 Å². The van der Waals surface area contributed by atoms with Gasteiger partial charge in [0.15, 0.2) is 0 Å². The second kappa shape index (κ2) is 6.38. The molecule has 0 bridgehead atoms. The van der Waals surface area contributed by atoms with E-state index in [2.05, 4.69) is 34.5 Å². The molecule has 2 heterocycles. The van der Waals surface area contributed by atoms with Crippen molar-refractivity contribution in [2.75, 3.05) is 26.2 Å². The third kappa shape index (κ3) is 3.39. The van der Waals surface area contributed by atoms with E-state index >= 15 is 0 Å². The highest BCUT2D eigenvalue weighted by atomic mass is 32.1. The van der Waals surface area contributed by atoms with Gasteiger partial charge in [-0.15, -0.1) is 11.3 Å². The lowest BCUT2D eigenvalue weighted by molar-refractivity contribution is 0.330. The molecule has 0 aromatic carbocycles. The third-order valence-electron chi connectivity index (χ3n) is 4.52. The number of hydrogen-bond donors (Lipinski definition) is 1. The fourth-order valence-electron chi connectivity index (χ4n) is 3.27. The molecule has 0 spiro atoms. The number of nitrogens with zero attached hydrogens (tertiary/aromatic N) is 1. The Kier molecular flexibility index (Phi) is 4.57. The molecule has 1 aliphatic carbocycles. The van der Waals surface area contributed by atoms with Gasteiger partial charge in [0, 0.05) is 28.9 Å². The van der Waals surface area contributed by atoms with E-state index in [4.69, 9.17) is 0 Å². The first-order valence-electron chi connectivity index (χ1n) is 7.90. The molecule has 19 heavy (non-hydrogen) atoms. The maximum atomic E-state index is 3.70. The Morgan fingerprint density at radius 1 is 1.21 bits per heavy atom. The molecule has 0 radical (unpaired) electrons. The van der Waals surface area contributed by atoms with Crippen LogP contribution in [0.4, 0.5) is 0 Å². The van der Waals surface area contributed by atoms with Gasteiger partial charge in [-0.1, -0.05) is 0 Å². The third-order valence-corrected chi connectivity index (χ3v) is 5.94. The fourth-order valence-corrected chi connectivity index (χ4v) is 4.56. The van der Waals surface area contributed by atoms with Gasteiger partial charge in [0.25, 0.3) is 0 Å². The van der Waals surface area contributed by atoms with Gasteiger partial charge in [-0.2, -0.15) is 0 Å². The zero-order chi connectivity index (χ0) is 13.1. The zero-order valence-electron chi connectivity index (χ0n) is 12.1. The molecule has 106 valence electrons. The lowest BCUT2D eigenvalue weighted by atomic mass is 9.99. The fraction of sp³-hybridized carbons (Fsp3) is 0.750. The summed E-state index contributed by atoms with van der Waals surface area (Å²) in [6.07, 6.45) is 8.21. The highest BCUT2D eigenvalue weighted by Gasteiger charge is 2.17. The SMILES string of the molecule is CC(NCCN1CCCC1)c1cc2c(s1)CCCC2. The molecule has 1 aromatic heterocycles. The van der Waals surface area contributed by atoms with Gasteiger partial charge in [0.1, 0.15) is 0 Å². The average molecular weight is 278 g/mol. The number of nitrogens with one attached hydrogen (secondary N) is 1. The number of fused-ring (bicyclic) bond motifs is 1. The second-order valence-corrected chi connectivity index (χ2v) is 7.20. The van der Waals surface area contributed by atoms with E-state index in [0.29, 0.717) is 6.04 Å². The van der Waals surface area contributed by atoms with Crippen molar-refractivity contribution in [3.05, 3.63) is 21.4 Å². The van der Waals surface area contributed by atoms with Crippen molar-refractivity contribution in [1.82, 2.24) is 10.2 Å². The normalized spacial score (nSPS) is 21.5. The number of hydrogen-bond acceptors (Lipinski definition) is 3. The van der Waals surface area contributed by atoms with Gasteiger partial charge >= 0.3 is 0 Å². The Bertz CT molecular complexity index is 383. The minimum atomic E-state index is 0.526. The minimum absolute atomic E-state index is 0.526. The van der Waals surface area contributed by atoms with Crippen LogP contribution < -0.4 is 5.32 Å². The summed E-state index contributed by atoms with van der Waals surface area (Å²) in [6, 6.07) is 2.99. The molecule has 1 aromatic rings. The van der Waals surface area contributed by atoms with E-state index in [1.807, 2.05) is 0 Å². The molecule has 1 aliphatic heterocycles. The van der Waals surface area contributed by atoms with Crippen LogP contribution in [0, 0.1) is 0 Å². The van der Waals surface area contributed by atoms with Crippen LogP contribution in [-0.4, -0.2) is 31.1 Å². The molecule has 1 unspecified atom stereocenters. The molecule has 1 N–H and O–H groups in total. The Labute approximate surface area is 121 Å². The summed E-state index contributed by atoms with van der Waals surface area (Å²) in [5.41, 5.74) is 1.64. The van der Waals surface area contributed by atoms with Crippen LogP contribution in [0.2, 0.25) is 0 Å². The Morgan fingerprint density at radius 2 is 2.00 bits per heavy atom. The van der Waals surface area contributed by atoms with Gasteiger partial charge in [-0.25, -0.2) is 0 Å². The van der Waals surface area contributed by atoms with E-state index in [9.17, 15) is 0 Å². The van der Waals surface area contributed by atoms with Crippen molar-refractivity contribution in [3.63, 3.8) is 0 Å². The summed E-state index contributed by atoms with van der Waals surface area (Å²) in [5, 5.41) is 3.70. The van der Waals surface area contributed by atoms with Gasteiger partial charge < -0.3 is 10.2 Å². The topological polar surface area (TPSA) is 15.3 Å². The smallest absolute Gasteiger partial charge is 0.0386 e. The van der Waals surface area contributed by atoms with E-state index < -0.39 is 0 Å². The maximum absolute atomic E-state index is 3.70. The minimum Gasteiger partial charge on any atom is -0.308 e. The van der Waals surface area contributed by atoms with E-state index in [0.717, 1.165) is 6.54 Å². The first-order valence-corrected chi connectivity index (χ1v) is 8.72. The van der Waals surface area contributed by atoms with Crippen LogP contribution in [0.5, 0.6) is 0 Å². The lowest BCUT2D eigenvalue weighted by Crippen LogP contribution is -2.31. The van der Waals surface area contributed by atoms with Crippen LogP contribution in [-0.2, 0) is 12.8 Å². The van der Waals surface area contributed by atoms with E-state index in [-0.39, 0.29) is 0 Å². The molecule has 3 heteroatoms. The van der Waals surface area contributed by atoms with Crippen molar-refractivity contribution >= 4 is 11.3 Å². The maximum Gasteiger partial charge on any atom is 0.0386 e. The lowest BCUT2D eigenvalue weighted by Gasteiger charge is -2.17. The largest absolute Gasteiger partial charge is 0.308 e. The molecule has 1 saturated heterocycles. The summed E-state index contributed by atoms with van der Waals surface area (Å²) < 4.78 is 0. The Hall–Kier alpha value is -0.380. The highest BCUT2D eigenvalue weighted by molar-refractivity contribution is 7.12. The van der Waals surface area contributed by atoms with Gasteiger partial charge in [0.2, 0.25) is 0 Å². The highest BCUT2D eigenvalue weighted by Crippen LogP contribution is 2.32. The number of likely N-dealkylation sites (tertiary alicyclic amines) is 1. The van der Waals surface area contributed by atoms with E-state index in [1.165, 1.54) is 58.2 Å². The summed E-state index contributed by atoms with van der Waals surface area (Å²) in [5.74, 6) is 0. The zero-order valence-corrected chi connectivity index (χ0v) is 12.9. The average Bonchev–Trinajstić information content (AvgIpc) is 3.07. The molecule has 1 fully saturated rings. The molecule has 1 atom stereocenters. The van der Waals surface area contributed by atoms with Crippen LogP contribution in [0.1, 0.15) is 54.0 Å². The van der Waals surface area contributed by atoms with Gasteiger partial charge in [0.05, 0.1) is 0 Å². The van der Waals surface area contributed by atoms with Crippen LogP contribution in [0.25, 0.3) is 0 Å². The van der Waals surface area contributed by atoms with Crippen molar-refractivity contribution in [2.24, 2.45) is 0 Å². The quantitative estimate of drug-likeness (QED) is 0.888. The first-order chi connectivity index (χ1) is 9.33. The first kappa shape index (κ1) is 13.6. The molecule has 2 aliphatic rings. The number of aryl methyl sites for hydroxylation is 2. The Morgan fingerprint density at radius 3 is 2.79 bits per heavy atom. The molecule has 3 rings (SSSR count). The molecule has 0 amide bonds. The Balaban J connectivity index is 1.49. The monoisotopic (exact) mass is 278 g/mol. The van der Waals surface area contributed by atoms with Crippen molar-refractivity contribution in [1.29, 1.82) is 0 Å².